The fraction of sp³-hybridized carbons (Fsp3) is 0.625. The highest BCUT2D eigenvalue weighted by molar-refractivity contribution is 6.29. The van der Waals surface area contributed by atoms with Crippen LogP contribution in [0, 0.1) is 0 Å². The van der Waals surface area contributed by atoms with Crippen LogP contribution in [0.2, 0.25) is 5.15 Å². The Morgan fingerprint density at radius 3 is 2.50 bits per heavy atom. The third kappa shape index (κ3) is 2.03. The van der Waals surface area contributed by atoms with Gasteiger partial charge in [0.05, 0.1) is 11.7 Å². The predicted molar refractivity (Wildman–Crippen MR) is 81.3 cm³/mol. The van der Waals surface area contributed by atoms with E-state index in [1.165, 1.54) is 62.4 Å². The highest BCUT2D eigenvalue weighted by Gasteiger charge is 2.28. The van der Waals surface area contributed by atoms with Crippen LogP contribution in [0.15, 0.2) is 12.1 Å². The topological polar surface area (TPSA) is 30.7 Å². The van der Waals surface area contributed by atoms with Crippen LogP contribution in [0.25, 0.3) is 11.0 Å². The van der Waals surface area contributed by atoms with Crippen LogP contribution in [-0.4, -0.2) is 14.8 Å². The number of hydrogen-bond donors (Lipinski definition) is 0. The van der Waals surface area contributed by atoms with Gasteiger partial charge in [0.15, 0.2) is 5.65 Å². The van der Waals surface area contributed by atoms with E-state index in [0.717, 1.165) is 5.65 Å². The third-order valence-corrected chi connectivity index (χ3v) is 5.17. The molecule has 0 N–H and O–H groups in total. The maximum absolute atomic E-state index is 6.11. The first-order valence-corrected chi connectivity index (χ1v) is 8.25. The number of fused-ring (bicyclic) bond motifs is 1. The lowest BCUT2D eigenvalue weighted by molar-refractivity contribution is 0.328. The van der Waals surface area contributed by atoms with Crippen LogP contribution in [-0.2, 0) is 0 Å². The molecule has 2 aromatic heterocycles. The zero-order valence-electron chi connectivity index (χ0n) is 11.7. The van der Waals surface area contributed by atoms with Crippen molar-refractivity contribution in [2.24, 2.45) is 0 Å². The van der Waals surface area contributed by atoms with Gasteiger partial charge in [-0.05, 0) is 37.8 Å². The summed E-state index contributed by atoms with van der Waals surface area (Å²) in [6.07, 6.45) is 10.3. The minimum atomic E-state index is 0.519. The SMILES string of the molecule is Clc1ccc2c(C3CCC3)nn(C3CCCCC3)c2n1. The van der Waals surface area contributed by atoms with Gasteiger partial charge in [0.1, 0.15) is 5.15 Å². The van der Waals surface area contributed by atoms with E-state index in [-0.39, 0.29) is 0 Å². The Hall–Kier alpha value is -1.09. The van der Waals surface area contributed by atoms with Gasteiger partial charge in [0, 0.05) is 11.3 Å². The van der Waals surface area contributed by atoms with Gasteiger partial charge in [-0.3, -0.25) is 0 Å². The molecule has 0 aliphatic heterocycles. The predicted octanol–water partition coefficient (Wildman–Crippen LogP) is 4.86. The van der Waals surface area contributed by atoms with Gasteiger partial charge < -0.3 is 0 Å². The van der Waals surface area contributed by atoms with Crippen LogP contribution < -0.4 is 0 Å². The van der Waals surface area contributed by atoms with E-state index in [4.69, 9.17) is 16.7 Å². The van der Waals surface area contributed by atoms with Crippen LogP contribution in [0.1, 0.15) is 69.0 Å². The summed E-state index contributed by atoms with van der Waals surface area (Å²) in [5.74, 6) is 0.644. The Morgan fingerprint density at radius 2 is 1.80 bits per heavy atom. The van der Waals surface area contributed by atoms with Crippen LogP contribution in [0.3, 0.4) is 0 Å². The molecule has 2 heterocycles. The van der Waals surface area contributed by atoms with E-state index in [2.05, 4.69) is 15.7 Å². The first kappa shape index (κ1) is 12.6. The Labute approximate surface area is 124 Å². The lowest BCUT2D eigenvalue weighted by atomic mass is 9.82. The quantitative estimate of drug-likeness (QED) is 0.739. The van der Waals surface area contributed by atoms with Gasteiger partial charge in [0.2, 0.25) is 0 Å². The fourth-order valence-corrected chi connectivity index (χ4v) is 3.72. The van der Waals surface area contributed by atoms with Crippen LogP contribution >= 0.6 is 11.6 Å². The molecule has 3 nitrogen and oxygen atoms in total. The van der Waals surface area contributed by atoms with Gasteiger partial charge in [-0.25, -0.2) is 9.67 Å². The molecule has 0 saturated heterocycles. The first-order chi connectivity index (χ1) is 9.83. The summed E-state index contributed by atoms with van der Waals surface area (Å²) in [6.45, 7) is 0. The smallest absolute Gasteiger partial charge is 0.160 e. The minimum Gasteiger partial charge on any atom is -0.244 e. The van der Waals surface area contributed by atoms with Crippen molar-refractivity contribution in [2.75, 3.05) is 0 Å². The summed E-state index contributed by atoms with van der Waals surface area (Å²) < 4.78 is 2.19. The number of pyridine rings is 1. The van der Waals surface area contributed by atoms with Gasteiger partial charge in [-0.2, -0.15) is 5.10 Å². The zero-order valence-corrected chi connectivity index (χ0v) is 12.4. The van der Waals surface area contributed by atoms with Crippen molar-refractivity contribution in [3.63, 3.8) is 0 Å². The second-order valence-corrected chi connectivity index (χ2v) is 6.64. The van der Waals surface area contributed by atoms with E-state index in [0.29, 0.717) is 17.1 Å². The Balaban J connectivity index is 1.83. The molecule has 2 aromatic rings. The van der Waals surface area contributed by atoms with Gasteiger partial charge in [-0.15, -0.1) is 0 Å². The third-order valence-electron chi connectivity index (χ3n) is 4.96. The van der Waals surface area contributed by atoms with Crippen molar-refractivity contribution < 1.29 is 0 Å². The molecule has 0 amide bonds. The monoisotopic (exact) mass is 289 g/mol. The second kappa shape index (κ2) is 5.03. The van der Waals surface area contributed by atoms with Crippen molar-refractivity contribution >= 4 is 22.6 Å². The molecule has 2 aliphatic rings. The van der Waals surface area contributed by atoms with E-state index in [1.54, 1.807) is 0 Å². The maximum Gasteiger partial charge on any atom is 0.160 e. The summed E-state index contributed by atoms with van der Waals surface area (Å²) >= 11 is 6.11. The van der Waals surface area contributed by atoms with Crippen LogP contribution in [0.5, 0.6) is 0 Å². The number of halogens is 1. The van der Waals surface area contributed by atoms with Crippen LogP contribution in [0.4, 0.5) is 0 Å². The molecular weight excluding hydrogens is 270 g/mol. The summed E-state index contributed by atoms with van der Waals surface area (Å²) in [5, 5.41) is 6.78. The van der Waals surface area contributed by atoms with Gasteiger partial charge in [0.25, 0.3) is 0 Å². The van der Waals surface area contributed by atoms with E-state index >= 15 is 0 Å². The molecule has 0 spiro atoms. The molecule has 2 aliphatic carbocycles. The molecule has 0 aromatic carbocycles. The average molecular weight is 290 g/mol. The molecule has 0 radical (unpaired) electrons. The molecule has 0 bridgehead atoms. The molecule has 2 fully saturated rings. The molecule has 0 unspecified atom stereocenters. The largest absolute Gasteiger partial charge is 0.244 e. The highest BCUT2D eigenvalue weighted by atomic mass is 35.5. The highest BCUT2D eigenvalue weighted by Crippen LogP contribution is 2.40. The Bertz CT molecular complexity index is 624. The van der Waals surface area contributed by atoms with Crippen molar-refractivity contribution in [3.8, 4) is 0 Å². The number of rotatable bonds is 2. The lowest BCUT2D eigenvalue weighted by Crippen LogP contribution is -2.16. The number of aromatic nitrogens is 3. The standard InChI is InChI=1S/C16H20ClN3/c17-14-10-9-13-15(11-5-4-6-11)19-20(16(13)18-14)12-7-2-1-3-8-12/h9-12H,1-8H2. The lowest BCUT2D eigenvalue weighted by Gasteiger charge is -2.24. The normalized spacial score (nSPS) is 21.2. The minimum absolute atomic E-state index is 0.519. The molecule has 4 heteroatoms. The molecule has 0 atom stereocenters. The molecule has 106 valence electrons. The molecule has 2 saturated carbocycles. The second-order valence-electron chi connectivity index (χ2n) is 6.25. The summed E-state index contributed by atoms with van der Waals surface area (Å²) in [7, 11) is 0. The summed E-state index contributed by atoms with van der Waals surface area (Å²) in [4.78, 5) is 4.58. The number of nitrogens with zero attached hydrogens (tertiary/aromatic N) is 3. The van der Waals surface area contributed by atoms with Crippen molar-refractivity contribution in [2.45, 2.75) is 63.3 Å². The van der Waals surface area contributed by atoms with Gasteiger partial charge in [-0.1, -0.05) is 37.3 Å². The first-order valence-electron chi connectivity index (χ1n) is 7.87. The summed E-state index contributed by atoms with van der Waals surface area (Å²) in [6, 6.07) is 4.54. The fourth-order valence-electron chi connectivity index (χ4n) is 3.58. The maximum atomic E-state index is 6.11. The van der Waals surface area contributed by atoms with Crippen molar-refractivity contribution in [3.05, 3.63) is 23.0 Å². The summed E-state index contributed by atoms with van der Waals surface area (Å²) in [5.41, 5.74) is 2.27. The van der Waals surface area contributed by atoms with E-state index < -0.39 is 0 Å². The molecular formula is C16H20ClN3. The van der Waals surface area contributed by atoms with E-state index in [1.807, 2.05) is 6.07 Å². The molecule has 4 rings (SSSR count). The molecule has 20 heavy (non-hydrogen) atoms. The van der Waals surface area contributed by atoms with E-state index in [9.17, 15) is 0 Å². The average Bonchev–Trinajstić information content (AvgIpc) is 2.77. The van der Waals surface area contributed by atoms with Crippen molar-refractivity contribution in [1.82, 2.24) is 14.8 Å². The Kier molecular flexibility index (Phi) is 3.18. The van der Waals surface area contributed by atoms with Gasteiger partial charge >= 0.3 is 0 Å². The van der Waals surface area contributed by atoms with Crippen molar-refractivity contribution in [1.29, 1.82) is 0 Å². The zero-order chi connectivity index (χ0) is 13.5. The Morgan fingerprint density at radius 1 is 1.00 bits per heavy atom. The number of hydrogen-bond acceptors (Lipinski definition) is 2.